The van der Waals surface area contributed by atoms with Gasteiger partial charge in [-0.05, 0) is 69.6 Å². The fourth-order valence-corrected chi connectivity index (χ4v) is 4.78. The molecule has 0 saturated carbocycles. The van der Waals surface area contributed by atoms with Gasteiger partial charge in [-0.1, -0.05) is 87.5 Å². The van der Waals surface area contributed by atoms with E-state index in [1.54, 1.807) is 4.90 Å². The summed E-state index contributed by atoms with van der Waals surface area (Å²) in [7, 11) is 0. The van der Waals surface area contributed by atoms with E-state index >= 15 is 0 Å². The summed E-state index contributed by atoms with van der Waals surface area (Å²) >= 11 is 0. The second-order valence-electron chi connectivity index (χ2n) is 10.1. The summed E-state index contributed by atoms with van der Waals surface area (Å²) in [5.41, 5.74) is 4.62. The van der Waals surface area contributed by atoms with Gasteiger partial charge in [-0.15, -0.1) is 0 Å². The van der Waals surface area contributed by atoms with Crippen molar-refractivity contribution in [2.45, 2.75) is 52.8 Å². The molecule has 0 heterocycles. The molecule has 5 heteroatoms. The number of hydrogen-bond acceptors (Lipinski definition) is 4. The molecule has 39 heavy (non-hydrogen) atoms. The molecule has 0 aliphatic heterocycles. The fraction of sp³-hybridized carbons (Fsp3) is 0.265. The van der Waals surface area contributed by atoms with Crippen molar-refractivity contribution in [1.29, 1.82) is 5.26 Å². The number of nitriles is 1. The average Bonchev–Trinajstić information content (AvgIpc) is 2.96. The van der Waals surface area contributed by atoms with Crippen molar-refractivity contribution < 1.29 is 14.3 Å². The van der Waals surface area contributed by atoms with E-state index in [9.17, 15) is 9.59 Å². The molecule has 1 amide bonds. The minimum absolute atomic E-state index is 0.0517. The number of carbonyl (C=O) groups excluding carboxylic acids is 2. The van der Waals surface area contributed by atoms with E-state index in [-0.39, 0.29) is 24.4 Å². The molecule has 0 aliphatic rings. The zero-order valence-corrected chi connectivity index (χ0v) is 22.8. The molecule has 0 radical (unpaired) electrons. The Balaban J connectivity index is 1.57. The maximum atomic E-state index is 13.3. The summed E-state index contributed by atoms with van der Waals surface area (Å²) in [6.45, 7) is 6.37. The van der Waals surface area contributed by atoms with Crippen molar-refractivity contribution in [3.63, 3.8) is 0 Å². The summed E-state index contributed by atoms with van der Waals surface area (Å²) < 4.78 is 5.69. The summed E-state index contributed by atoms with van der Waals surface area (Å²) in [5, 5.41) is 11.2. The van der Waals surface area contributed by atoms with E-state index in [0.717, 1.165) is 33.0 Å². The van der Waals surface area contributed by atoms with Gasteiger partial charge in [0.05, 0.1) is 11.6 Å². The van der Waals surface area contributed by atoms with Gasteiger partial charge in [0.25, 0.3) is 0 Å². The minimum atomic E-state index is -0.679. The molecule has 1 atom stereocenters. The third-order valence-electron chi connectivity index (χ3n) is 6.82. The Morgan fingerprint density at radius 1 is 0.846 bits per heavy atom. The number of carbonyl (C=O) groups is 2. The van der Waals surface area contributed by atoms with Crippen LogP contribution in [0, 0.1) is 17.2 Å². The smallest absolute Gasteiger partial charge is 0.329 e. The van der Waals surface area contributed by atoms with Crippen LogP contribution >= 0.6 is 0 Å². The van der Waals surface area contributed by atoms with Gasteiger partial charge in [-0.25, -0.2) is 4.79 Å². The van der Waals surface area contributed by atoms with Crippen molar-refractivity contribution in [2.24, 2.45) is 5.92 Å². The Morgan fingerprint density at radius 2 is 1.51 bits per heavy atom. The second-order valence-corrected chi connectivity index (χ2v) is 10.1. The van der Waals surface area contributed by atoms with E-state index < -0.39 is 6.04 Å². The number of nitrogens with zero attached hydrogens (tertiary/aromatic N) is 2. The Morgan fingerprint density at radius 3 is 2.18 bits per heavy atom. The zero-order valence-electron chi connectivity index (χ0n) is 22.8. The lowest BCUT2D eigenvalue weighted by Crippen LogP contribution is -2.48. The van der Waals surface area contributed by atoms with Gasteiger partial charge in [0.1, 0.15) is 12.6 Å². The van der Waals surface area contributed by atoms with Crippen LogP contribution in [-0.2, 0) is 27.5 Å². The van der Waals surface area contributed by atoms with Gasteiger partial charge in [0, 0.05) is 13.0 Å². The zero-order chi connectivity index (χ0) is 27.8. The van der Waals surface area contributed by atoms with Gasteiger partial charge >= 0.3 is 5.97 Å². The maximum absolute atomic E-state index is 13.3. The van der Waals surface area contributed by atoms with Crippen LogP contribution in [0.5, 0.6) is 0 Å². The van der Waals surface area contributed by atoms with Crippen LogP contribution in [-0.4, -0.2) is 22.8 Å². The molecule has 0 fully saturated rings. The Bertz CT molecular complexity index is 1470. The fourth-order valence-electron chi connectivity index (χ4n) is 4.78. The number of amides is 1. The van der Waals surface area contributed by atoms with Crippen LogP contribution < -0.4 is 0 Å². The molecule has 0 saturated heterocycles. The minimum Gasteiger partial charge on any atom is -0.459 e. The lowest BCUT2D eigenvalue weighted by molar-refractivity contribution is -0.159. The highest BCUT2D eigenvalue weighted by molar-refractivity contribution is 5.88. The Labute approximate surface area is 230 Å². The van der Waals surface area contributed by atoms with E-state index in [1.165, 1.54) is 0 Å². The first kappa shape index (κ1) is 27.6. The van der Waals surface area contributed by atoms with Gasteiger partial charge in [-0.3, -0.25) is 4.79 Å². The molecule has 0 aromatic heterocycles. The summed E-state index contributed by atoms with van der Waals surface area (Å²) in [6.07, 6.45) is 1.08. The monoisotopic (exact) mass is 518 g/mol. The number of ether oxygens (including phenoxy) is 1. The van der Waals surface area contributed by atoms with Gasteiger partial charge in [0.15, 0.2) is 0 Å². The van der Waals surface area contributed by atoms with Gasteiger partial charge in [0.2, 0.25) is 5.91 Å². The van der Waals surface area contributed by atoms with E-state index in [1.807, 2.05) is 81.4 Å². The molecule has 4 aromatic carbocycles. The maximum Gasteiger partial charge on any atom is 0.329 e. The first-order chi connectivity index (χ1) is 18.9. The van der Waals surface area contributed by atoms with Crippen LogP contribution in [0.1, 0.15) is 50.3 Å². The van der Waals surface area contributed by atoms with Crippen LogP contribution in [0.4, 0.5) is 0 Å². The van der Waals surface area contributed by atoms with Crippen molar-refractivity contribution in [3.05, 3.63) is 108 Å². The van der Waals surface area contributed by atoms with Crippen molar-refractivity contribution in [2.75, 3.05) is 0 Å². The third-order valence-corrected chi connectivity index (χ3v) is 6.82. The number of rotatable bonds is 10. The van der Waals surface area contributed by atoms with Gasteiger partial charge in [-0.2, -0.15) is 5.26 Å². The van der Waals surface area contributed by atoms with Crippen LogP contribution in [0.2, 0.25) is 0 Å². The molecule has 198 valence electrons. The highest BCUT2D eigenvalue weighted by Gasteiger charge is 2.33. The molecular formula is C34H34N2O3. The average molecular weight is 519 g/mol. The lowest BCUT2D eigenvalue weighted by Gasteiger charge is -2.33. The van der Waals surface area contributed by atoms with Crippen LogP contribution in [0.3, 0.4) is 0 Å². The van der Waals surface area contributed by atoms with E-state index in [2.05, 4.69) is 36.4 Å². The molecule has 0 N–H and O–H groups in total. The van der Waals surface area contributed by atoms with Crippen molar-refractivity contribution in [3.8, 4) is 17.2 Å². The predicted molar refractivity (Wildman–Crippen MR) is 154 cm³/mol. The molecular weight excluding hydrogens is 484 g/mol. The molecule has 1 unspecified atom stereocenters. The summed E-state index contributed by atoms with van der Waals surface area (Å²) in [5.74, 6) is -0.542. The van der Waals surface area contributed by atoms with E-state index in [0.29, 0.717) is 24.9 Å². The SMILES string of the molecule is CCCC(=O)N(Cc1ccc2cc(-c3ccc(C#N)cc3)ccc2c1)C(C(=O)OCc1ccccc1)C(C)C. The normalized spacial score (nSPS) is 11.7. The third kappa shape index (κ3) is 6.91. The van der Waals surface area contributed by atoms with Crippen LogP contribution in [0.25, 0.3) is 21.9 Å². The van der Waals surface area contributed by atoms with E-state index in [4.69, 9.17) is 10.00 Å². The second kappa shape index (κ2) is 12.9. The molecule has 0 spiro atoms. The largest absolute Gasteiger partial charge is 0.459 e. The first-order valence-corrected chi connectivity index (χ1v) is 13.4. The summed E-state index contributed by atoms with van der Waals surface area (Å²) in [6, 6.07) is 31.0. The standard InChI is InChI=1S/C34H34N2O3/c1-4-8-32(37)36(33(24(2)3)34(38)39-23-26-9-6-5-7-10-26)22-27-13-16-31-20-30(18-17-29(31)19-27)28-14-11-25(21-35)12-15-28/h5-7,9-20,24,33H,4,8,22-23H2,1-3H3. The quantitative estimate of drug-likeness (QED) is 0.207. The molecule has 4 rings (SSSR count). The highest BCUT2D eigenvalue weighted by Crippen LogP contribution is 2.27. The molecule has 4 aromatic rings. The van der Waals surface area contributed by atoms with Crippen LogP contribution in [0.15, 0.2) is 91.0 Å². The number of hydrogen-bond donors (Lipinski definition) is 0. The number of esters is 1. The Kier molecular flexibility index (Phi) is 9.12. The van der Waals surface area contributed by atoms with Crippen molar-refractivity contribution >= 4 is 22.6 Å². The Hall–Kier alpha value is -4.43. The summed E-state index contributed by atoms with van der Waals surface area (Å²) in [4.78, 5) is 28.3. The lowest BCUT2D eigenvalue weighted by atomic mass is 9.98. The molecule has 0 bridgehead atoms. The molecule has 0 aliphatic carbocycles. The molecule has 5 nitrogen and oxygen atoms in total. The highest BCUT2D eigenvalue weighted by atomic mass is 16.5. The van der Waals surface area contributed by atoms with Crippen molar-refractivity contribution in [1.82, 2.24) is 4.90 Å². The van der Waals surface area contributed by atoms with Gasteiger partial charge < -0.3 is 9.64 Å². The predicted octanol–water partition coefficient (Wildman–Crippen LogP) is 7.28. The topological polar surface area (TPSA) is 70.4 Å². The number of benzene rings is 4. The number of fused-ring (bicyclic) bond motifs is 1. The first-order valence-electron chi connectivity index (χ1n) is 13.4.